The Morgan fingerprint density at radius 3 is 2.40 bits per heavy atom. The van der Waals surface area contributed by atoms with Crippen LogP contribution in [0.4, 0.5) is 0 Å². The molecule has 13 nitrogen and oxygen atoms in total. The smallest absolute Gasteiger partial charge is 0.469 e. The lowest BCUT2D eigenvalue weighted by atomic mass is 9.88. The van der Waals surface area contributed by atoms with Crippen LogP contribution in [0.15, 0.2) is 0 Å². The summed E-state index contributed by atoms with van der Waals surface area (Å²) in [5.41, 5.74) is 0. The second kappa shape index (κ2) is 8.03. The summed E-state index contributed by atoms with van der Waals surface area (Å²) in [4.78, 5) is 39.5. The number of rotatable bonds is 7. The topological polar surface area (TPSA) is 223 Å². The van der Waals surface area contributed by atoms with Crippen LogP contribution >= 0.6 is 7.82 Å². The summed E-state index contributed by atoms with van der Waals surface area (Å²) < 4.78 is 19.5. The molecule has 0 aromatic carbocycles. The van der Waals surface area contributed by atoms with Crippen LogP contribution in [-0.2, 0) is 23.4 Å². The number of ether oxygens (including phenoxy) is 1. The summed E-state index contributed by atoms with van der Waals surface area (Å²) in [5.74, 6) is -5.48. The summed E-state index contributed by atoms with van der Waals surface area (Å²) in [5, 5.41) is 50.9. The number of aliphatic hydroxyl groups excluding tert-OH is 3. The highest BCUT2D eigenvalue weighted by atomic mass is 31.2. The van der Waals surface area contributed by atoms with E-state index >= 15 is 0 Å². The van der Waals surface area contributed by atoms with Crippen LogP contribution in [0.25, 0.3) is 0 Å². The lowest BCUT2D eigenvalue weighted by Crippen LogP contribution is -2.67. The molecule has 1 amide bonds. The van der Waals surface area contributed by atoms with Crippen molar-refractivity contribution in [2.45, 2.75) is 49.6 Å². The van der Waals surface area contributed by atoms with E-state index in [1.165, 1.54) is 0 Å². The van der Waals surface area contributed by atoms with E-state index in [0.717, 1.165) is 6.92 Å². The van der Waals surface area contributed by atoms with Crippen molar-refractivity contribution >= 4 is 19.7 Å². The highest BCUT2D eigenvalue weighted by Gasteiger charge is 2.54. The molecule has 0 aliphatic carbocycles. The van der Waals surface area contributed by atoms with E-state index in [1.54, 1.807) is 0 Å². The zero-order valence-electron chi connectivity index (χ0n) is 12.9. The van der Waals surface area contributed by atoms with Crippen LogP contribution in [-0.4, -0.2) is 90.0 Å². The number of carboxylic acid groups (broad SMARTS) is 1. The first-order valence-electron chi connectivity index (χ1n) is 6.92. The number of nitrogens with one attached hydrogen (secondary N) is 1. The van der Waals surface area contributed by atoms with Crippen LogP contribution in [0.5, 0.6) is 0 Å². The van der Waals surface area contributed by atoms with Crippen molar-refractivity contribution < 1.29 is 58.7 Å². The van der Waals surface area contributed by atoms with Gasteiger partial charge in [-0.25, -0.2) is 9.36 Å². The molecule has 1 aliphatic heterocycles. The number of phosphoric acid groups is 1. The monoisotopic (exact) mass is 389 g/mol. The van der Waals surface area contributed by atoms with Gasteiger partial charge in [0.25, 0.3) is 5.79 Å². The molecule has 146 valence electrons. The fourth-order valence-corrected chi connectivity index (χ4v) is 2.65. The molecule has 0 bridgehead atoms. The largest absolute Gasteiger partial charge is 0.477 e. The lowest BCUT2D eigenvalue weighted by Gasteiger charge is -2.44. The van der Waals surface area contributed by atoms with Gasteiger partial charge in [0.2, 0.25) is 5.91 Å². The summed E-state index contributed by atoms with van der Waals surface area (Å²) in [7, 11) is -4.97. The first kappa shape index (κ1) is 21.9. The Bertz CT molecular complexity index is 551. The van der Waals surface area contributed by atoms with Crippen molar-refractivity contribution in [2.75, 3.05) is 6.61 Å². The Morgan fingerprint density at radius 1 is 1.40 bits per heavy atom. The Morgan fingerprint density at radius 2 is 1.96 bits per heavy atom. The molecule has 1 rings (SSSR count). The number of carbonyl (C=O) groups is 2. The van der Waals surface area contributed by atoms with Gasteiger partial charge in [-0.05, 0) is 0 Å². The maximum atomic E-state index is 11.2. The highest BCUT2D eigenvalue weighted by molar-refractivity contribution is 7.46. The quantitative estimate of drug-likeness (QED) is 0.197. The predicted octanol–water partition coefficient (Wildman–Crippen LogP) is -3.75. The van der Waals surface area contributed by atoms with Gasteiger partial charge in [0, 0.05) is 13.3 Å². The van der Waals surface area contributed by atoms with Crippen LogP contribution < -0.4 is 5.32 Å². The van der Waals surface area contributed by atoms with E-state index in [2.05, 4.69) is 9.84 Å². The Kier molecular flexibility index (Phi) is 7.03. The Hall–Kier alpha value is -1.15. The first-order chi connectivity index (χ1) is 11.3. The molecule has 0 aromatic rings. The number of carboxylic acids is 1. The molecule has 0 aromatic heterocycles. The van der Waals surface area contributed by atoms with Crippen LogP contribution in [0.2, 0.25) is 0 Å². The van der Waals surface area contributed by atoms with Gasteiger partial charge < -0.3 is 45.4 Å². The van der Waals surface area contributed by atoms with E-state index in [4.69, 9.17) is 19.6 Å². The maximum Gasteiger partial charge on any atom is 0.469 e. The Balaban J connectivity index is 3.02. The van der Waals surface area contributed by atoms with Gasteiger partial charge in [0.1, 0.15) is 18.3 Å². The summed E-state index contributed by atoms with van der Waals surface area (Å²) >= 11 is 0. The molecule has 1 saturated heterocycles. The minimum Gasteiger partial charge on any atom is -0.477 e. The molecule has 25 heavy (non-hydrogen) atoms. The second-order valence-corrected chi connectivity index (χ2v) is 6.75. The molecule has 0 saturated carbocycles. The summed E-state index contributed by atoms with van der Waals surface area (Å²) in [6, 6.07) is -1.42. The zero-order chi connectivity index (χ0) is 19.6. The van der Waals surface area contributed by atoms with Crippen molar-refractivity contribution in [3.05, 3.63) is 0 Å². The van der Waals surface area contributed by atoms with E-state index in [0.29, 0.717) is 0 Å². The van der Waals surface area contributed by atoms with Crippen LogP contribution in [0.1, 0.15) is 13.3 Å². The number of aliphatic carboxylic acids is 1. The van der Waals surface area contributed by atoms with Gasteiger partial charge in [-0.2, -0.15) is 0 Å². The van der Waals surface area contributed by atoms with Gasteiger partial charge in [-0.3, -0.25) is 9.32 Å². The number of carbonyl (C=O) groups excluding carboxylic acids is 1. The average molecular weight is 389 g/mol. The third-order valence-electron chi connectivity index (χ3n) is 3.43. The van der Waals surface area contributed by atoms with Crippen molar-refractivity contribution in [3.63, 3.8) is 0 Å². The molecule has 8 N–H and O–H groups in total. The number of phosphoric ester groups is 1. The van der Waals surface area contributed by atoms with Crippen LogP contribution in [0, 0.1) is 0 Å². The molecular formula is C11H20NO12P. The average Bonchev–Trinajstić information content (AvgIpc) is 2.45. The van der Waals surface area contributed by atoms with Crippen molar-refractivity contribution in [2.24, 2.45) is 0 Å². The summed E-state index contributed by atoms with van der Waals surface area (Å²) in [6.07, 6.45) is -8.43. The molecule has 6 atom stereocenters. The normalized spacial score (nSPS) is 32.7. The van der Waals surface area contributed by atoms with Gasteiger partial charge in [-0.1, -0.05) is 0 Å². The minimum atomic E-state index is -4.97. The lowest BCUT2D eigenvalue weighted by molar-refractivity contribution is -0.294. The van der Waals surface area contributed by atoms with Crippen molar-refractivity contribution in [1.82, 2.24) is 5.32 Å². The van der Waals surface area contributed by atoms with Gasteiger partial charge in [0.15, 0.2) is 0 Å². The SMILES string of the molecule is CC(=O)N[C@@H]1[C@@H]([C@H](O)[C@H](O)COP(=O)(O)O)OC(O)(C(=O)O)C[C@H]1O. The fraction of sp³-hybridized carbons (Fsp3) is 0.818. The van der Waals surface area contributed by atoms with Gasteiger partial charge in [0.05, 0.1) is 18.8 Å². The third-order valence-corrected chi connectivity index (χ3v) is 3.92. The molecule has 14 heteroatoms. The molecule has 1 heterocycles. The number of hydrogen-bond donors (Lipinski definition) is 8. The van der Waals surface area contributed by atoms with E-state index < -0.39 is 69.0 Å². The number of aliphatic hydroxyl groups is 4. The molecule has 1 unspecified atom stereocenters. The van der Waals surface area contributed by atoms with Crippen LogP contribution in [0.3, 0.4) is 0 Å². The van der Waals surface area contributed by atoms with E-state index in [-0.39, 0.29) is 0 Å². The number of hydrogen-bond acceptors (Lipinski definition) is 9. The van der Waals surface area contributed by atoms with Crippen molar-refractivity contribution in [3.8, 4) is 0 Å². The molecular weight excluding hydrogens is 369 g/mol. The van der Waals surface area contributed by atoms with E-state index in [1.807, 2.05) is 0 Å². The van der Waals surface area contributed by atoms with Gasteiger partial charge in [-0.15, -0.1) is 0 Å². The molecule has 0 spiro atoms. The molecule has 1 fully saturated rings. The zero-order valence-corrected chi connectivity index (χ0v) is 13.8. The predicted molar refractivity (Wildman–Crippen MR) is 75.7 cm³/mol. The maximum absolute atomic E-state index is 11.2. The third kappa shape index (κ3) is 5.95. The molecule has 0 radical (unpaired) electrons. The second-order valence-electron chi connectivity index (χ2n) is 5.51. The standard InChI is InChI=1S/C11H20NO12P/c1-4(13)12-7-5(14)2-11(19,10(17)18)24-9(7)8(16)6(15)3-23-25(20,21)22/h5-9,14-16,19H,2-3H2,1H3,(H,12,13)(H,17,18)(H2,20,21,22)/t5-,6-,7+,8-,9+,11?/m1/s1. The van der Waals surface area contributed by atoms with Crippen molar-refractivity contribution in [1.29, 1.82) is 0 Å². The Labute approximate surface area is 141 Å². The number of amides is 1. The van der Waals surface area contributed by atoms with E-state index in [9.17, 15) is 34.6 Å². The first-order valence-corrected chi connectivity index (χ1v) is 8.45. The molecule has 1 aliphatic rings. The van der Waals surface area contributed by atoms with Gasteiger partial charge >= 0.3 is 13.8 Å². The summed E-state index contributed by atoms with van der Waals surface area (Å²) in [6.45, 7) is -0.0127. The highest BCUT2D eigenvalue weighted by Crippen LogP contribution is 2.36. The fourth-order valence-electron chi connectivity index (χ4n) is 2.30. The minimum absolute atomic E-state index is 0.688.